The van der Waals surface area contributed by atoms with Gasteiger partial charge in [-0.25, -0.2) is 13.4 Å². The largest absolute Gasteiger partial charge is 0.354 e. The van der Waals surface area contributed by atoms with Crippen LogP contribution in [-0.2, 0) is 16.4 Å². The quantitative estimate of drug-likeness (QED) is 0.622. The number of guanidine groups is 1. The van der Waals surface area contributed by atoms with E-state index in [0.29, 0.717) is 24.9 Å². The zero-order valence-corrected chi connectivity index (χ0v) is 16.7. The Bertz CT molecular complexity index is 708. The molecule has 6 nitrogen and oxygen atoms in total. The van der Waals surface area contributed by atoms with Crippen molar-refractivity contribution in [2.75, 3.05) is 25.1 Å². The number of aryl methyl sites for hydroxylation is 1. The second-order valence-electron chi connectivity index (χ2n) is 7.27. The van der Waals surface area contributed by atoms with Crippen molar-refractivity contribution in [1.82, 2.24) is 15.2 Å². The summed E-state index contributed by atoms with van der Waals surface area (Å²) in [6.07, 6.45) is 5.63. The number of hydrogen-bond donors (Lipinski definition) is 1. The molecule has 2 aliphatic rings. The topological polar surface area (TPSA) is 74.7 Å². The highest BCUT2D eigenvalue weighted by molar-refractivity contribution is 7.91. The summed E-state index contributed by atoms with van der Waals surface area (Å²) in [6, 6.07) is 0.477. The molecule has 0 bridgehead atoms. The Balaban J connectivity index is 1.66. The van der Waals surface area contributed by atoms with Gasteiger partial charge in [0.1, 0.15) is 0 Å². The number of aliphatic imine (C=N–C) groups is 1. The smallest absolute Gasteiger partial charge is 0.194 e. The summed E-state index contributed by atoms with van der Waals surface area (Å²) in [7, 11) is -0.815. The van der Waals surface area contributed by atoms with E-state index in [1.165, 1.54) is 25.7 Å². The molecule has 25 heavy (non-hydrogen) atoms. The fraction of sp³-hybridized carbons (Fsp3) is 0.765. The van der Waals surface area contributed by atoms with Gasteiger partial charge >= 0.3 is 0 Å². The lowest BCUT2D eigenvalue weighted by atomic mass is 10.1. The average molecular weight is 385 g/mol. The second kappa shape index (κ2) is 8.03. The zero-order valence-electron chi connectivity index (χ0n) is 15.1. The van der Waals surface area contributed by atoms with Crippen LogP contribution in [0.3, 0.4) is 0 Å². The van der Waals surface area contributed by atoms with Gasteiger partial charge in [0.25, 0.3) is 0 Å². The van der Waals surface area contributed by atoms with Gasteiger partial charge < -0.3 is 10.2 Å². The standard InChI is InChI=1S/C17H28N4O2S2/c1-13-19-16(11-24-13)10-21(2)17(20-15-5-3-4-6-15)18-9-14-7-8-25(22,23)12-14/h11,14-15H,3-10,12H2,1-2H3,(H,18,20). The first-order valence-corrected chi connectivity index (χ1v) is 11.7. The first kappa shape index (κ1) is 18.6. The summed E-state index contributed by atoms with van der Waals surface area (Å²) in [4.78, 5) is 11.4. The minimum absolute atomic E-state index is 0.153. The first-order valence-electron chi connectivity index (χ1n) is 9.05. The lowest BCUT2D eigenvalue weighted by Gasteiger charge is -2.25. The van der Waals surface area contributed by atoms with Crippen molar-refractivity contribution in [2.45, 2.75) is 51.6 Å². The maximum atomic E-state index is 11.7. The summed E-state index contributed by atoms with van der Waals surface area (Å²) in [5, 5.41) is 6.75. The van der Waals surface area contributed by atoms with Gasteiger partial charge in [0.15, 0.2) is 15.8 Å². The van der Waals surface area contributed by atoms with Crippen LogP contribution in [0.15, 0.2) is 10.4 Å². The number of nitrogens with zero attached hydrogens (tertiary/aromatic N) is 3. The molecule has 3 rings (SSSR count). The molecule has 0 spiro atoms. The molecule has 1 aliphatic heterocycles. The summed E-state index contributed by atoms with van der Waals surface area (Å²) in [5.41, 5.74) is 1.05. The number of hydrogen-bond acceptors (Lipinski definition) is 5. The van der Waals surface area contributed by atoms with Crippen molar-refractivity contribution in [1.29, 1.82) is 0 Å². The lowest BCUT2D eigenvalue weighted by molar-refractivity contribution is 0.449. The summed E-state index contributed by atoms with van der Waals surface area (Å²) in [5.74, 6) is 1.62. The van der Waals surface area contributed by atoms with Crippen molar-refractivity contribution in [2.24, 2.45) is 10.9 Å². The Morgan fingerprint density at radius 2 is 2.16 bits per heavy atom. The van der Waals surface area contributed by atoms with Crippen molar-refractivity contribution in [3.8, 4) is 0 Å². The fourth-order valence-corrected chi connectivity index (χ4v) is 6.01. The third kappa shape index (κ3) is 5.41. The van der Waals surface area contributed by atoms with Gasteiger partial charge in [-0.3, -0.25) is 4.99 Å². The summed E-state index contributed by atoms with van der Waals surface area (Å²) in [6.45, 7) is 3.31. The van der Waals surface area contributed by atoms with E-state index in [1.54, 1.807) is 11.3 Å². The van der Waals surface area contributed by atoms with Crippen molar-refractivity contribution in [3.63, 3.8) is 0 Å². The van der Waals surface area contributed by atoms with E-state index >= 15 is 0 Å². The number of rotatable bonds is 5. The van der Waals surface area contributed by atoms with Gasteiger partial charge in [-0.05, 0) is 32.1 Å². The number of thiazole rings is 1. The molecule has 1 unspecified atom stereocenters. The van der Waals surface area contributed by atoms with Gasteiger partial charge in [-0.1, -0.05) is 12.8 Å². The highest BCUT2D eigenvalue weighted by Crippen LogP contribution is 2.20. The molecule has 1 aliphatic carbocycles. The van der Waals surface area contributed by atoms with Crippen LogP contribution >= 0.6 is 11.3 Å². The maximum absolute atomic E-state index is 11.7. The minimum Gasteiger partial charge on any atom is -0.354 e. The number of aromatic nitrogens is 1. The SMILES string of the molecule is Cc1nc(CN(C)C(=NCC2CCS(=O)(=O)C2)NC2CCCC2)cs1. The van der Waals surface area contributed by atoms with Gasteiger partial charge in [0.05, 0.1) is 28.8 Å². The molecule has 1 N–H and O–H groups in total. The summed E-state index contributed by atoms with van der Waals surface area (Å²) >= 11 is 1.66. The van der Waals surface area contributed by atoms with E-state index < -0.39 is 9.84 Å². The Morgan fingerprint density at radius 1 is 1.40 bits per heavy atom. The molecule has 1 aromatic heterocycles. The minimum atomic E-state index is -2.84. The highest BCUT2D eigenvalue weighted by Gasteiger charge is 2.28. The molecule has 1 atom stereocenters. The van der Waals surface area contributed by atoms with Crippen LogP contribution in [0.5, 0.6) is 0 Å². The highest BCUT2D eigenvalue weighted by atomic mass is 32.2. The summed E-state index contributed by atoms with van der Waals surface area (Å²) < 4.78 is 23.3. The van der Waals surface area contributed by atoms with Crippen LogP contribution in [0.25, 0.3) is 0 Å². The molecule has 1 saturated carbocycles. The third-order valence-electron chi connectivity index (χ3n) is 4.94. The third-order valence-corrected chi connectivity index (χ3v) is 7.60. The van der Waals surface area contributed by atoms with Crippen LogP contribution in [-0.4, -0.2) is 55.4 Å². The predicted octanol–water partition coefficient (Wildman–Crippen LogP) is 2.21. The number of sulfone groups is 1. The van der Waals surface area contributed by atoms with Crippen LogP contribution in [0.4, 0.5) is 0 Å². The van der Waals surface area contributed by atoms with E-state index in [1.807, 2.05) is 14.0 Å². The first-order chi connectivity index (χ1) is 11.9. The zero-order chi connectivity index (χ0) is 17.9. The molecule has 0 amide bonds. The Labute approximate surface area is 154 Å². The second-order valence-corrected chi connectivity index (χ2v) is 10.6. The van der Waals surface area contributed by atoms with Gasteiger partial charge in [-0.2, -0.15) is 0 Å². The normalized spacial score (nSPS) is 23.9. The van der Waals surface area contributed by atoms with Crippen molar-refractivity contribution < 1.29 is 8.42 Å². The van der Waals surface area contributed by atoms with E-state index in [-0.39, 0.29) is 11.7 Å². The van der Waals surface area contributed by atoms with E-state index in [4.69, 9.17) is 4.99 Å². The molecular weight excluding hydrogens is 356 g/mol. The predicted molar refractivity (Wildman–Crippen MR) is 103 cm³/mol. The Hall–Kier alpha value is -1.15. The molecule has 1 saturated heterocycles. The van der Waals surface area contributed by atoms with E-state index in [2.05, 4.69) is 20.6 Å². The van der Waals surface area contributed by atoms with Crippen molar-refractivity contribution in [3.05, 3.63) is 16.1 Å². The van der Waals surface area contributed by atoms with Crippen LogP contribution < -0.4 is 5.32 Å². The maximum Gasteiger partial charge on any atom is 0.194 e. The van der Waals surface area contributed by atoms with E-state index in [0.717, 1.165) is 23.1 Å². The molecular formula is C17H28N4O2S2. The molecule has 140 valence electrons. The monoisotopic (exact) mass is 384 g/mol. The van der Waals surface area contributed by atoms with Crippen LogP contribution in [0, 0.1) is 12.8 Å². The molecule has 2 fully saturated rings. The van der Waals surface area contributed by atoms with E-state index in [9.17, 15) is 8.42 Å². The van der Waals surface area contributed by atoms with Gasteiger partial charge in [0.2, 0.25) is 0 Å². The van der Waals surface area contributed by atoms with Gasteiger partial charge in [-0.15, -0.1) is 11.3 Å². The lowest BCUT2D eigenvalue weighted by Crippen LogP contribution is -2.43. The molecule has 2 heterocycles. The van der Waals surface area contributed by atoms with Crippen molar-refractivity contribution >= 4 is 27.1 Å². The molecule has 0 radical (unpaired) electrons. The molecule has 8 heteroatoms. The number of nitrogens with one attached hydrogen (secondary N) is 1. The fourth-order valence-electron chi connectivity index (χ4n) is 3.56. The Morgan fingerprint density at radius 3 is 2.76 bits per heavy atom. The van der Waals surface area contributed by atoms with Crippen LogP contribution in [0.2, 0.25) is 0 Å². The Kier molecular flexibility index (Phi) is 5.99. The van der Waals surface area contributed by atoms with Gasteiger partial charge in [0, 0.05) is 25.0 Å². The van der Waals surface area contributed by atoms with Crippen LogP contribution in [0.1, 0.15) is 42.8 Å². The molecule has 0 aromatic carbocycles. The molecule has 1 aromatic rings. The average Bonchev–Trinajstić information content (AvgIpc) is 3.26.